The fraction of sp³-hybridized carbons (Fsp3) is 0.625. The van der Waals surface area contributed by atoms with Gasteiger partial charge in [0.1, 0.15) is 5.78 Å². The van der Waals surface area contributed by atoms with E-state index in [4.69, 9.17) is 0 Å². The molecule has 0 amide bonds. The van der Waals surface area contributed by atoms with Gasteiger partial charge < -0.3 is 4.79 Å². The number of benzene rings is 1. The van der Waals surface area contributed by atoms with E-state index in [0.717, 1.165) is 25.7 Å². The smallest absolute Gasteiger partial charge is 0.129 e. The summed E-state index contributed by atoms with van der Waals surface area (Å²) in [6.45, 7) is 17.2. The van der Waals surface area contributed by atoms with Gasteiger partial charge in [0, 0.05) is 6.42 Å². The minimum absolute atomic E-state index is 0.307. The van der Waals surface area contributed by atoms with Crippen LogP contribution in [0.3, 0.4) is 0 Å². The normalized spacial score (nSPS) is 8.60. The lowest BCUT2D eigenvalue weighted by Crippen LogP contribution is -1.92. The zero-order valence-electron chi connectivity index (χ0n) is 18.2. The van der Waals surface area contributed by atoms with E-state index in [1.54, 1.807) is 13.0 Å². The van der Waals surface area contributed by atoms with E-state index in [-0.39, 0.29) is 0 Å². The molecule has 0 saturated carbocycles. The second-order valence-electron chi connectivity index (χ2n) is 5.59. The topological polar surface area (TPSA) is 17.1 Å². The molecule has 0 unspecified atom stereocenters. The van der Waals surface area contributed by atoms with Gasteiger partial charge in [-0.3, -0.25) is 0 Å². The molecule has 0 bridgehead atoms. The first-order chi connectivity index (χ1) is 12.1. The summed E-state index contributed by atoms with van der Waals surface area (Å²) < 4.78 is 0. The minimum Gasteiger partial charge on any atom is -0.300 e. The van der Waals surface area contributed by atoms with Gasteiger partial charge in [-0.05, 0) is 57.1 Å². The lowest BCUT2D eigenvalue weighted by Gasteiger charge is -2.04. The first kappa shape index (κ1) is 28.4. The number of hydrogen-bond acceptors (Lipinski definition) is 1. The molecule has 1 rings (SSSR count). The highest BCUT2D eigenvalue weighted by Gasteiger charge is 1.97. The molecule has 1 aromatic rings. The van der Waals surface area contributed by atoms with E-state index in [1.165, 1.54) is 36.8 Å². The van der Waals surface area contributed by atoms with Crippen LogP contribution in [0.15, 0.2) is 36.9 Å². The average Bonchev–Trinajstić information content (AvgIpc) is 2.64. The fourth-order valence-electron chi connectivity index (χ4n) is 2.15. The number of unbranched alkanes of at least 4 members (excludes halogenated alkanes) is 3. The fourth-order valence-corrected chi connectivity index (χ4v) is 2.15. The number of aryl methyl sites for hydroxylation is 2. The van der Waals surface area contributed by atoms with Gasteiger partial charge in [-0.2, -0.15) is 0 Å². The Hall–Kier alpha value is -1.37. The average molecular weight is 349 g/mol. The quantitative estimate of drug-likeness (QED) is 0.326. The summed E-state index contributed by atoms with van der Waals surface area (Å²) in [4.78, 5) is 10.8. The lowest BCUT2D eigenvalue weighted by atomic mass is 10.0. The molecule has 0 aliphatic carbocycles. The highest BCUT2D eigenvalue weighted by Crippen LogP contribution is 2.11. The molecule has 0 atom stereocenters. The first-order valence-corrected chi connectivity index (χ1v) is 10.3. The lowest BCUT2D eigenvalue weighted by molar-refractivity contribution is -0.117. The molecule has 0 spiro atoms. The SMILES string of the molecule is C=CC.CC.CC.CCCCCc1ccc(CCCCC(C)=O)cc1. The van der Waals surface area contributed by atoms with Crippen LogP contribution < -0.4 is 0 Å². The summed E-state index contributed by atoms with van der Waals surface area (Å²) in [6.07, 6.45) is 10.8. The Labute approximate surface area is 158 Å². The van der Waals surface area contributed by atoms with Crippen molar-refractivity contribution < 1.29 is 4.79 Å². The standard InChI is InChI=1S/C17H26O.C3H6.2C2H6/c1-3-4-5-9-16-11-13-17(14-12-16)10-7-6-8-15(2)18;1-3-2;2*1-2/h11-14H,3-10H2,1-2H3;3H,1H2,2H3;2*1-2H3. The third kappa shape index (κ3) is 22.6. The second kappa shape index (κ2) is 24.9. The number of carbonyl (C=O) groups excluding carboxylic acids is 1. The van der Waals surface area contributed by atoms with Crippen LogP contribution in [0.25, 0.3) is 0 Å². The number of ketones is 1. The van der Waals surface area contributed by atoms with Crippen molar-refractivity contribution in [3.63, 3.8) is 0 Å². The molecule has 0 fully saturated rings. The van der Waals surface area contributed by atoms with Crippen LogP contribution in [0.5, 0.6) is 0 Å². The molecular weight excluding hydrogens is 304 g/mol. The largest absolute Gasteiger partial charge is 0.300 e. The van der Waals surface area contributed by atoms with Crippen molar-refractivity contribution in [3.8, 4) is 0 Å². The summed E-state index contributed by atoms with van der Waals surface area (Å²) in [7, 11) is 0. The number of rotatable bonds is 9. The van der Waals surface area contributed by atoms with Crippen LogP contribution in [0, 0.1) is 0 Å². The van der Waals surface area contributed by atoms with E-state index >= 15 is 0 Å². The van der Waals surface area contributed by atoms with Gasteiger partial charge in [0.25, 0.3) is 0 Å². The molecule has 0 heterocycles. The number of hydrogen-bond donors (Lipinski definition) is 0. The van der Waals surface area contributed by atoms with Gasteiger partial charge in [-0.1, -0.05) is 77.8 Å². The molecule has 25 heavy (non-hydrogen) atoms. The highest BCUT2D eigenvalue weighted by molar-refractivity contribution is 5.75. The Kier molecular flexibility index (Phi) is 28.3. The molecule has 0 saturated heterocycles. The maximum absolute atomic E-state index is 10.8. The number of Topliss-reactive ketones (excluding diaryl/α,β-unsaturated/α-hetero) is 1. The molecule has 146 valence electrons. The van der Waals surface area contributed by atoms with Crippen LogP contribution >= 0.6 is 0 Å². The van der Waals surface area contributed by atoms with Crippen molar-refractivity contribution >= 4 is 5.78 Å². The van der Waals surface area contributed by atoms with E-state index < -0.39 is 0 Å². The molecule has 0 aliphatic rings. The summed E-state index contributed by atoms with van der Waals surface area (Å²) in [6, 6.07) is 9.01. The van der Waals surface area contributed by atoms with Crippen molar-refractivity contribution in [2.24, 2.45) is 0 Å². The maximum Gasteiger partial charge on any atom is 0.129 e. The summed E-state index contributed by atoms with van der Waals surface area (Å²) >= 11 is 0. The van der Waals surface area contributed by atoms with Crippen molar-refractivity contribution in [3.05, 3.63) is 48.0 Å². The van der Waals surface area contributed by atoms with Crippen LogP contribution in [0.1, 0.15) is 98.1 Å². The monoisotopic (exact) mass is 348 g/mol. The summed E-state index contributed by atoms with van der Waals surface area (Å²) in [5.41, 5.74) is 2.86. The van der Waals surface area contributed by atoms with Gasteiger partial charge in [0.05, 0.1) is 0 Å². The van der Waals surface area contributed by atoms with Gasteiger partial charge in [0.15, 0.2) is 0 Å². The maximum atomic E-state index is 10.8. The zero-order chi connectivity index (χ0) is 19.9. The van der Waals surface area contributed by atoms with Crippen molar-refractivity contribution in [1.82, 2.24) is 0 Å². The van der Waals surface area contributed by atoms with Crippen molar-refractivity contribution in [2.75, 3.05) is 0 Å². The van der Waals surface area contributed by atoms with Crippen LogP contribution in [0.2, 0.25) is 0 Å². The van der Waals surface area contributed by atoms with E-state index in [0.29, 0.717) is 5.78 Å². The Balaban J connectivity index is -0.000000605. The van der Waals surface area contributed by atoms with Crippen LogP contribution in [0.4, 0.5) is 0 Å². The van der Waals surface area contributed by atoms with Crippen LogP contribution in [-0.4, -0.2) is 5.78 Å². The predicted molar refractivity (Wildman–Crippen MR) is 116 cm³/mol. The highest BCUT2D eigenvalue weighted by atomic mass is 16.1. The van der Waals surface area contributed by atoms with Crippen molar-refractivity contribution in [2.45, 2.75) is 99.8 Å². The summed E-state index contributed by atoms with van der Waals surface area (Å²) in [5, 5.41) is 0. The van der Waals surface area contributed by atoms with Gasteiger partial charge >= 0.3 is 0 Å². The summed E-state index contributed by atoms with van der Waals surface area (Å²) in [5.74, 6) is 0.307. The molecular formula is C24H44O. The van der Waals surface area contributed by atoms with E-state index in [9.17, 15) is 4.79 Å². The predicted octanol–water partition coefficient (Wildman–Crippen LogP) is 7.97. The number of allylic oxidation sites excluding steroid dienone is 1. The first-order valence-electron chi connectivity index (χ1n) is 10.3. The Morgan fingerprint density at radius 2 is 1.24 bits per heavy atom. The van der Waals surface area contributed by atoms with Crippen LogP contribution in [-0.2, 0) is 17.6 Å². The van der Waals surface area contributed by atoms with E-state index in [1.807, 2.05) is 34.6 Å². The third-order valence-electron chi connectivity index (χ3n) is 3.34. The Morgan fingerprint density at radius 1 is 0.880 bits per heavy atom. The second-order valence-corrected chi connectivity index (χ2v) is 5.59. The number of carbonyl (C=O) groups is 1. The zero-order valence-corrected chi connectivity index (χ0v) is 18.2. The Morgan fingerprint density at radius 3 is 1.56 bits per heavy atom. The molecule has 0 aliphatic heterocycles. The van der Waals surface area contributed by atoms with E-state index in [2.05, 4.69) is 37.8 Å². The minimum atomic E-state index is 0.307. The van der Waals surface area contributed by atoms with Gasteiger partial charge in [-0.15, -0.1) is 6.58 Å². The molecule has 0 aromatic heterocycles. The molecule has 1 nitrogen and oxygen atoms in total. The molecule has 1 aromatic carbocycles. The van der Waals surface area contributed by atoms with Crippen molar-refractivity contribution in [1.29, 1.82) is 0 Å². The molecule has 1 heteroatoms. The third-order valence-corrected chi connectivity index (χ3v) is 3.34. The molecule has 0 radical (unpaired) electrons. The Bertz CT molecular complexity index is 376. The van der Waals surface area contributed by atoms with Gasteiger partial charge in [-0.25, -0.2) is 0 Å². The molecule has 0 N–H and O–H groups in total. The van der Waals surface area contributed by atoms with Gasteiger partial charge in [0.2, 0.25) is 0 Å².